The third-order valence-electron chi connectivity index (χ3n) is 12.0. The van der Waals surface area contributed by atoms with E-state index in [1.807, 2.05) is 54.6 Å². The van der Waals surface area contributed by atoms with Crippen LogP contribution in [-0.2, 0) is 46.4 Å². The first-order valence-electron chi connectivity index (χ1n) is 22.2. The Labute approximate surface area is 377 Å². The van der Waals surface area contributed by atoms with E-state index in [9.17, 15) is 38.4 Å². The van der Waals surface area contributed by atoms with Crippen molar-refractivity contribution in [3.63, 3.8) is 0 Å². The number of para-hydroxylation sites is 1. The van der Waals surface area contributed by atoms with Crippen LogP contribution in [0.25, 0.3) is 10.9 Å². The van der Waals surface area contributed by atoms with Crippen LogP contribution in [0.15, 0.2) is 60.8 Å². The molecule has 1 aliphatic heterocycles. The van der Waals surface area contributed by atoms with Crippen LogP contribution in [0.5, 0.6) is 0 Å². The maximum atomic E-state index is 13.9. The van der Waals surface area contributed by atoms with Gasteiger partial charge in [-0.15, -0.1) is 0 Å². The molecule has 1 aliphatic carbocycles. The number of guanidine groups is 1. The molecule has 20 heteroatoms. The Morgan fingerprint density at radius 2 is 1.49 bits per heavy atom. The van der Waals surface area contributed by atoms with Crippen molar-refractivity contribution in [3.8, 4) is 0 Å². The molecule has 13 N–H and O–H groups in total. The number of nitrogens with two attached hydrogens (primary N) is 2. The fraction of sp³-hybridized carbons (Fsp3) is 0.489. The number of aldehydes is 1. The number of amides is 8. The zero-order chi connectivity index (χ0) is 46.9. The Kier molecular flexibility index (Phi) is 18.0. The van der Waals surface area contributed by atoms with Gasteiger partial charge in [0, 0.05) is 36.6 Å². The van der Waals surface area contributed by atoms with Crippen molar-refractivity contribution in [1.29, 1.82) is 5.41 Å². The predicted octanol–water partition coefficient (Wildman–Crippen LogP) is 0.243. The van der Waals surface area contributed by atoms with E-state index in [4.69, 9.17) is 16.9 Å². The van der Waals surface area contributed by atoms with E-state index >= 15 is 0 Å². The number of H-pyrrole nitrogens is 1. The van der Waals surface area contributed by atoms with Crippen molar-refractivity contribution in [2.24, 2.45) is 11.5 Å². The number of unbranched alkanes of at least 4 members (excludes halogenated alkanes) is 1. The average Bonchev–Trinajstić information content (AvgIpc) is 3.83. The van der Waals surface area contributed by atoms with E-state index in [0.717, 1.165) is 33.4 Å². The number of aromatic amines is 1. The second-order valence-electron chi connectivity index (χ2n) is 16.6. The molecule has 1 aromatic heterocycles. The lowest BCUT2D eigenvalue weighted by Gasteiger charge is -2.41. The van der Waals surface area contributed by atoms with Crippen LogP contribution < -0.4 is 48.7 Å². The number of carbonyl (C=O) groups is 8. The van der Waals surface area contributed by atoms with Crippen molar-refractivity contribution in [2.75, 3.05) is 20.1 Å². The summed E-state index contributed by atoms with van der Waals surface area (Å²) in [5.74, 6) is -3.83. The number of rotatable bonds is 25. The molecule has 1 saturated heterocycles. The first-order chi connectivity index (χ1) is 31.3. The van der Waals surface area contributed by atoms with Gasteiger partial charge in [-0.1, -0.05) is 67.8 Å². The van der Waals surface area contributed by atoms with Gasteiger partial charge in [0.1, 0.15) is 30.0 Å². The van der Waals surface area contributed by atoms with Crippen LogP contribution in [0.3, 0.4) is 0 Å². The third-order valence-corrected chi connectivity index (χ3v) is 12.0. The van der Waals surface area contributed by atoms with Gasteiger partial charge >= 0.3 is 6.03 Å². The summed E-state index contributed by atoms with van der Waals surface area (Å²) in [7, 11) is 1.62. The third kappa shape index (κ3) is 13.3. The van der Waals surface area contributed by atoms with Crippen LogP contribution in [0.4, 0.5) is 4.79 Å². The number of aromatic nitrogens is 1. The monoisotopic (exact) mass is 898 g/mol. The van der Waals surface area contributed by atoms with Gasteiger partial charge in [-0.2, -0.15) is 0 Å². The van der Waals surface area contributed by atoms with E-state index in [2.05, 4.69) is 42.2 Å². The highest BCUT2D eigenvalue weighted by molar-refractivity contribution is 6.10. The molecule has 2 fully saturated rings. The molecule has 0 radical (unpaired) electrons. The second-order valence-corrected chi connectivity index (χ2v) is 16.6. The highest BCUT2D eigenvalue weighted by Gasteiger charge is 2.55. The molecule has 2 aromatic carbocycles. The Bertz CT molecular complexity index is 2180. The summed E-state index contributed by atoms with van der Waals surface area (Å²) in [4.78, 5) is 110. The summed E-state index contributed by atoms with van der Waals surface area (Å²) >= 11 is 0. The highest BCUT2D eigenvalue weighted by Crippen LogP contribution is 2.37. The normalized spacial score (nSPS) is 17.5. The lowest BCUT2D eigenvalue weighted by atomic mass is 9.79. The molecule has 1 saturated carbocycles. The van der Waals surface area contributed by atoms with Gasteiger partial charge in [-0.25, -0.2) is 9.69 Å². The standard InChI is InChI=1S/C45H62N12O8/c1-49-34(18-12-22-51-43(47)48)39(61)55-35(24-29-26-52-32-16-7-6-15-31(29)32)40(62)54-33(38(46)60)17-8-11-21-50-37(59)25-36-41(63)57(44(65)56-36)45(19-9-3-10-20-45)42(64)53-30(27-58)23-28-13-4-2-5-14-28/h2,4-7,13-16,26-27,30,33-36,49,52H,3,8-12,17-25H2,1H3,(H2,46,60)(H,50,59)(H,53,64)(H,54,62)(H,55,61)(H,56,65)(H4,47,48,51)/t30-,33+,34+,35+,36+/m1/s1. The molecule has 0 spiro atoms. The maximum absolute atomic E-state index is 13.9. The minimum absolute atomic E-state index is 0.104. The first kappa shape index (κ1) is 49.2. The van der Waals surface area contributed by atoms with E-state index in [1.165, 1.54) is 0 Å². The van der Waals surface area contributed by atoms with Crippen molar-refractivity contribution >= 4 is 64.6 Å². The molecule has 2 heterocycles. The molecule has 8 amide bonds. The SMILES string of the molecule is CN[C@@H](CCCNC(=N)N)C(=O)N[C@@H](Cc1c[nH]c2ccccc12)C(=O)N[C@@H](CCCCNC(=O)C[C@@H]1NC(=O)N(C2(C(=O)N[C@@H](C=O)Cc3ccccc3)CCCCC2)C1=O)C(N)=O. The highest BCUT2D eigenvalue weighted by atomic mass is 16.2. The van der Waals surface area contributed by atoms with Gasteiger partial charge in [-0.05, 0) is 75.6 Å². The summed E-state index contributed by atoms with van der Waals surface area (Å²) in [6.45, 7) is 0.523. The molecule has 5 rings (SSSR count). The fourth-order valence-corrected chi connectivity index (χ4v) is 8.52. The molecule has 0 bridgehead atoms. The molecular formula is C45H62N12O8. The van der Waals surface area contributed by atoms with Crippen molar-refractivity contribution in [2.45, 2.75) is 119 Å². The quantitative estimate of drug-likeness (QED) is 0.0180. The Morgan fingerprint density at radius 3 is 2.18 bits per heavy atom. The molecule has 20 nitrogen and oxygen atoms in total. The topological polar surface area (TPSA) is 316 Å². The van der Waals surface area contributed by atoms with E-state index in [-0.39, 0.29) is 51.0 Å². The molecule has 2 aliphatic rings. The van der Waals surface area contributed by atoms with Gasteiger partial charge in [0.25, 0.3) is 5.91 Å². The van der Waals surface area contributed by atoms with E-state index < -0.39 is 77.2 Å². The Morgan fingerprint density at radius 1 is 0.831 bits per heavy atom. The number of nitrogens with zero attached hydrogens (tertiary/aromatic N) is 1. The van der Waals surface area contributed by atoms with Crippen molar-refractivity contribution < 1.29 is 38.4 Å². The molecule has 5 atom stereocenters. The molecule has 0 unspecified atom stereocenters. The minimum atomic E-state index is -1.51. The number of benzene rings is 2. The predicted molar refractivity (Wildman–Crippen MR) is 242 cm³/mol. The lowest BCUT2D eigenvalue weighted by Crippen LogP contribution is -2.63. The number of carbonyl (C=O) groups excluding carboxylic acids is 8. The molecule has 350 valence electrons. The Balaban J connectivity index is 1.13. The zero-order valence-electron chi connectivity index (χ0n) is 36.7. The Hall–Kier alpha value is -6.83. The van der Waals surface area contributed by atoms with Gasteiger partial charge in [0.15, 0.2) is 5.96 Å². The number of primary amides is 1. The molecule has 3 aromatic rings. The zero-order valence-corrected chi connectivity index (χ0v) is 36.7. The number of fused-ring (bicyclic) bond motifs is 1. The number of hydrogen-bond acceptors (Lipinski definition) is 10. The van der Waals surface area contributed by atoms with E-state index in [0.29, 0.717) is 51.4 Å². The van der Waals surface area contributed by atoms with Gasteiger partial charge in [-0.3, -0.25) is 34.2 Å². The van der Waals surface area contributed by atoms with Gasteiger partial charge in [0.05, 0.1) is 18.5 Å². The summed E-state index contributed by atoms with van der Waals surface area (Å²) in [6.07, 6.45) is 6.52. The van der Waals surface area contributed by atoms with Gasteiger partial charge < -0.3 is 58.5 Å². The summed E-state index contributed by atoms with van der Waals surface area (Å²) < 4.78 is 0. The van der Waals surface area contributed by atoms with Crippen LogP contribution >= 0.6 is 0 Å². The largest absolute Gasteiger partial charge is 0.370 e. The number of imide groups is 1. The fourth-order valence-electron chi connectivity index (χ4n) is 8.52. The molecular weight excluding hydrogens is 837 g/mol. The lowest BCUT2D eigenvalue weighted by molar-refractivity contribution is -0.145. The van der Waals surface area contributed by atoms with Crippen LogP contribution in [-0.4, -0.2) is 119 Å². The van der Waals surface area contributed by atoms with Crippen LogP contribution in [0, 0.1) is 5.41 Å². The maximum Gasteiger partial charge on any atom is 0.325 e. The number of urea groups is 1. The summed E-state index contributed by atoms with van der Waals surface area (Å²) in [6, 6.07) is 11.0. The first-order valence-corrected chi connectivity index (χ1v) is 22.2. The van der Waals surface area contributed by atoms with Crippen molar-refractivity contribution in [1.82, 2.24) is 47.1 Å². The minimum Gasteiger partial charge on any atom is -0.370 e. The van der Waals surface area contributed by atoms with Gasteiger partial charge in [0.2, 0.25) is 29.5 Å². The summed E-state index contributed by atoms with van der Waals surface area (Å²) in [5.41, 5.74) is 12.0. The van der Waals surface area contributed by atoms with Crippen LogP contribution in [0.2, 0.25) is 0 Å². The number of hydrogen-bond donors (Lipinski definition) is 11. The second kappa shape index (κ2) is 23.7. The summed E-state index contributed by atoms with van der Waals surface area (Å²) in [5, 5.41) is 27.5. The van der Waals surface area contributed by atoms with Crippen LogP contribution in [0.1, 0.15) is 81.8 Å². The van der Waals surface area contributed by atoms with E-state index in [1.54, 1.807) is 13.2 Å². The smallest absolute Gasteiger partial charge is 0.325 e. The molecule has 65 heavy (non-hydrogen) atoms. The number of nitrogens with one attached hydrogen (secondary N) is 9. The number of likely N-dealkylation sites (N-methyl/N-ethyl adjacent to an activating group) is 1. The average molecular weight is 899 g/mol. The van der Waals surface area contributed by atoms with Crippen molar-refractivity contribution in [3.05, 3.63) is 71.9 Å².